The van der Waals surface area contributed by atoms with Crippen LogP contribution in [0.5, 0.6) is 0 Å². The Morgan fingerprint density at radius 2 is 2.05 bits per heavy atom. The largest absolute Gasteiger partial charge is 0.384 e. The molecule has 1 aromatic carbocycles. The predicted molar refractivity (Wildman–Crippen MR) is 76.2 cm³/mol. The molecular weight excluding hydrogens is 238 g/mol. The molecule has 0 aliphatic heterocycles. The minimum absolute atomic E-state index is 0.123. The van der Waals surface area contributed by atoms with Gasteiger partial charge in [0.05, 0.1) is 0 Å². The molecule has 19 heavy (non-hydrogen) atoms. The molecule has 0 aromatic heterocycles. The Hall–Kier alpha value is -1.35. The smallest absolute Gasteiger partial charge is 0.248 e. The monoisotopic (exact) mass is 261 g/mol. The van der Waals surface area contributed by atoms with Crippen LogP contribution in [0.3, 0.4) is 0 Å². The quantitative estimate of drug-likeness (QED) is 0.870. The first-order chi connectivity index (χ1) is 8.90. The van der Waals surface area contributed by atoms with E-state index in [4.69, 9.17) is 0 Å². The van der Waals surface area contributed by atoms with Gasteiger partial charge < -0.3 is 10.4 Å². The highest BCUT2D eigenvalue weighted by Crippen LogP contribution is 2.29. The molecule has 2 N–H and O–H groups in total. The Labute approximate surface area is 115 Å². The molecule has 0 saturated carbocycles. The fourth-order valence-corrected chi connectivity index (χ4v) is 2.55. The van der Waals surface area contributed by atoms with E-state index in [1.165, 1.54) is 42.9 Å². The number of hydrogen-bond donors (Lipinski definition) is 2. The summed E-state index contributed by atoms with van der Waals surface area (Å²) >= 11 is 0. The Bertz CT molecular complexity index is 478. The Balaban J connectivity index is 2.08. The number of aliphatic hydroxyl groups is 1. The van der Waals surface area contributed by atoms with Crippen LogP contribution in [0.1, 0.15) is 43.9 Å². The molecule has 1 atom stereocenters. The number of aryl methyl sites for hydroxylation is 2. The average Bonchev–Trinajstić information content (AvgIpc) is 2.82. The van der Waals surface area contributed by atoms with E-state index < -0.39 is 6.10 Å². The first kappa shape index (κ1) is 14.1. The Morgan fingerprint density at radius 1 is 1.37 bits per heavy atom. The van der Waals surface area contributed by atoms with Crippen molar-refractivity contribution in [1.82, 2.24) is 5.32 Å². The fraction of sp³-hybridized carbons (Fsp3) is 0.562. The minimum Gasteiger partial charge on any atom is -0.384 e. The number of nitrogens with one attached hydrogen (secondary N) is 1. The van der Waals surface area contributed by atoms with Gasteiger partial charge in [0.25, 0.3) is 0 Å². The second-order valence-corrected chi connectivity index (χ2v) is 6.11. The van der Waals surface area contributed by atoms with E-state index in [1.807, 2.05) is 0 Å². The molecule has 1 aliphatic carbocycles. The maximum absolute atomic E-state index is 11.4. The van der Waals surface area contributed by atoms with Crippen molar-refractivity contribution in [1.29, 1.82) is 0 Å². The van der Waals surface area contributed by atoms with Crippen molar-refractivity contribution in [2.75, 3.05) is 6.54 Å². The number of amides is 1. The lowest BCUT2D eigenvalue weighted by molar-refractivity contribution is -0.128. The zero-order chi connectivity index (χ0) is 14.0. The van der Waals surface area contributed by atoms with Crippen LogP contribution in [0.15, 0.2) is 18.2 Å². The van der Waals surface area contributed by atoms with Gasteiger partial charge in [0.15, 0.2) is 0 Å². The van der Waals surface area contributed by atoms with Gasteiger partial charge in [0.2, 0.25) is 5.91 Å². The van der Waals surface area contributed by atoms with Gasteiger partial charge >= 0.3 is 0 Å². The summed E-state index contributed by atoms with van der Waals surface area (Å²) in [6, 6.07) is 6.66. The van der Waals surface area contributed by atoms with Gasteiger partial charge in [-0.15, -0.1) is 0 Å². The third-order valence-corrected chi connectivity index (χ3v) is 3.96. The van der Waals surface area contributed by atoms with Gasteiger partial charge in [-0.25, -0.2) is 0 Å². The molecule has 0 saturated heterocycles. The topological polar surface area (TPSA) is 49.3 Å². The lowest BCUT2D eigenvalue weighted by atomic mass is 9.83. The van der Waals surface area contributed by atoms with Gasteiger partial charge in [0.1, 0.15) is 6.10 Å². The van der Waals surface area contributed by atoms with Crippen LogP contribution in [-0.4, -0.2) is 23.7 Å². The zero-order valence-electron chi connectivity index (χ0n) is 12.0. The van der Waals surface area contributed by atoms with Gasteiger partial charge in [0, 0.05) is 12.0 Å². The molecule has 1 amide bonds. The molecule has 1 aromatic rings. The number of benzene rings is 1. The number of aliphatic hydroxyl groups excluding tert-OH is 1. The van der Waals surface area contributed by atoms with E-state index in [2.05, 4.69) is 37.4 Å². The molecule has 104 valence electrons. The van der Waals surface area contributed by atoms with Crippen molar-refractivity contribution in [3.63, 3.8) is 0 Å². The summed E-state index contributed by atoms with van der Waals surface area (Å²) in [6.07, 6.45) is 2.65. The van der Waals surface area contributed by atoms with E-state index in [0.717, 1.165) is 0 Å². The van der Waals surface area contributed by atoms with Gasteiger partial charge in [-0.2, -0.15) is 0 Å². The van der Waals surface area contributed by atoms with Crippen LogP contribution in [-0.2, 0) is 23.1 Å². The molecule has 0 bridgehead atoms. The van der Waals surface area contributed by atoms with Crippen molar-refractivity contribution in [2.45, 2.75) is 51.6 Å². The second kappa shape index (κ2) is 5.33. The summed E-state index contributed by atoms with van der Waals surface area (Å²) in [6.45, 7) is 6.26. The molecule has 0 radical (unpaired) electrons. The highest BCUT2D eigenvalue weighted by atomic mass is 16.3. The number of fused-ring (bicyclic) bond motifs is 1. The summed E-state index contributed by atoms with van der Waals surface area (Å²) < 4.78 is 0. The maximum Gasteiger partial charge on any atom is 0.248 e. The van der Waals surface area contributed by atoms with Crippen molar-refractivity contribution < 1.29 is 9.90 Å². The number of carbonyl (C=O) groups excluding carboxylic acids is 1. The summed E-state index contributed by atoms with van der Waals surface area (Å²) in [5.41, 5.74) is 4.04. The maximum atomic E-state index is 11.4. The van der Waals surface area contributed by atoms with Gasteiger partial charge in [-0.1, -0.05) is 32.0 Å². The Kier molecular flexibility index (Phi) is 3.95. The van der Waals surface area contributed by atoms with Crippen LogP contribution in [0.2, 0.25) is 0 Å². The molecule has 1 unspecified atom stereocenters. The number of hydrogen-bond acceptors (Lipinski definition) is 2. The van der Waals surface area contributed by atoms with Gasteiger partial charge in [-0.05, 0) is 42.9 Å². The van der Waals surface area contributed by atoms with Crippen molar-refractivity contribution in [2.24, 2.45) is 0 Å². The molecule has 0 heterocycles. The molecule has 2 rings (SSSR count). The lowest BCUT2D eigenvalue weighted by Gasteiger charge is -2.26. The number of rotatable bonds is 4. The van der Waals surface area contributed by atoms with Crippen LogP contribution in [0.25, 0.3) is 0 Å². The summed E-state index contributed by atoms with van der Waals surface area (Å²) in [5, 5.41) is 12.0. The van der Waals surface area contributed by atoms with Gasteiger partial charge in [-0.3, -0.25) is 4.79 Å². The minimum atomic E-state index is -0.948. The summed E-state index contributed by atoms with van der Waals surface area (Å²) in [4.78, 5) is 11.4. The molecule has 0 spiro atoms. The molecule has 1 aliphatic rings. The van der Waals surface area contributed by atoms with Crippen molar-refractivity contribution in [3.8, 4) is 0 Å². The predicted octanol–water partition coefficient (Wildman–Crippen LogP) is 1.95. The van der Waals surface area contributed by atoms with E-state index in [9.17, 15) is 9.90 Å². The highest BCUT2D eigenvalue weighted by Gasteiger charge is 2.24. The van der Waals surface area contributed by atoms with E-state index in [0.29, 0.717) is 6.54 Å². The van der Waals surface area contributed by atoms with Crippen LogP contribution in [0.4, 0.5) is 0 Å². The van der Waals surface area contributed by atoms with Crippen LogP contribution >= 0.6 is 0 Å². The number of carbonyl (C=O) groups is 1. The van der Waals surface area contributed by atoms with E-state index in [1.54, 1.807) is 0 Å². The van der Waals surface area contributed by atoms with Crippen molar-refractivity contribution in [3.05, 3.63) is 34.9 Å². The molecule has 0 fully saturated rings. The van der Waals surface area contributed by atoms with E-state index in [-0.39, 0.29) is 11.3 Å². The first-order valence-corrected chi connectivity index (χ1v) is 6.98. The standard InChI is InChI=1S/C16H23NO2/c1-11(18)15(19)17-10-16(2,3)14-8-7-12-5-4-6-13(12)9-14/h7-9,11,18H,4-6,10H2,1-3H3,(H,17,19). The molecule has 3 heteroatoms. The third kappa shape index (κ3) is 3.16. The molecule has 3 nitrogen and oxygen atoms in total. The Morgan fingerprint density at radius 3 is 2.74 bits per heavy atom. The summed E-state index contributed by atoms with van der Waals surface area (Å²) in [7, 11) is 0. The van der Waals surface area contributed by atoms with E-state index >= 15 is 0 Å². The average molecular weight is 261 g/mol. The fourth-order valence-electron chi connectivity index (χ4n) is 2.55. The SMILES string of the molecule is CC(O)C(=O)NCC(C)(C)c1ccc2c(c1)CCC2. The van der Waals surface area contributed by atoms with Crippen LogP contribution < -0.4 is 5.32 Å². The lowest BCUT2D eigenvalue weighted by Crippen LogP contribution is -2.40. The molecular formula is C16H23NO2. The first-order valence-electron chi connectivity index (χ1n) is 6.98. The zero-order valence-corrected chi connectivity index (χ0v) is 12.0. The normalized spacial score (nSPS) is 16.0. The van der Waals surface area contributed by atoms with Crippen LogP contribution in [0, 0.1) is 0 Å². The summed E-state index contributed by atoms with van der Waals surface area (Å²) in [5.74, 6) is -0.311. The van der Waals surface area contributed by atoms with Crippen molar-refractivity contribution >= 4 is 5.91 Å². The second-order valence-electron chi connectivity index (χ2n) is 6.11. The highest BCUT2D eigenvalue weighted by molar-refractivity contribution is 5.80. The third-order valence-electron chi connectivity index (χ3n) is 3.96.